The molecule has 0 heterocycles. The maximum atomic E-state index is 12.7. The minimum atomic E-state index is -0.376. The van der Waals surface area contributed by atoms with Gasteiger partial charge in [-0.15, -0.1) is 0 Å². The van der Waals surface area contributed by atoms with E-state index in [0.717, 1.165) is 27.5 Å². The zero-order valence-corrected chi connectivity index (χ0v) is 14.8. The lowest BCUT2D eigenvalue weighted by Gasteiger charge is -2.12. The van der Waals surface area contributed by atoms with E-state index in [9.17, 15) is 4.79 Å². The highest BCUT2D eigenvalue weighted by Crippen LogP contribution is 2.26. The predicted molar refractivity (Wildman–Crippen MR) is 106 cm³/mol. The van der Waals surface area contributed by atoms with Crippen molar-refractivity contribution in [3.05, 3.63) is 102 Å². The van der Waals surface area contributed by atoms with E-state index < -0.39 is 0 Å². The number of aryl methyl sites for hydroxylation is 1. The van der Waals surface area contributed by atoms with Crippen LogP contribution in [0, 0.1) is 6.92 Å². The van der Waals surface area contributed by atoms with E-state index in [1.54, 1.807) is 18.2 Å². The van der Waals surface area contributed by atoms with Crippen LogP contribution in [0.25, 0.3) is 10.8 Å². The van der Waals surface area contributed by atoms with E-state index >= 15 is 0 Å². The summed E-state index contributed by atoms with van der Waals surface area (Å²) in [6.07, 6.45) is 0.586. The number of benzene rings is 3. The molecule has 0 atom stereocenters. The predicted octanol–water partition coefficient (Wildman–Crippen LogP) is 4.94. The number of esters is 1. The highest BCUT2D eigenvalue weighted by Gasteiger charge is 2.15. The van der Waals surface area contributed by atoms with E-state index in [2.05, 4.69) is 13.2 Å². The highest BCUT2D eigenvalue weighted by atomic mass is 16.5. The second-order valence-electron chi connectivity index (χ2n) is 6.33. The van der Waals surface area contributed by atoms with Crippen LogP contribution in [0.15, 0.2) is 85.1 Å². The molecule has 3 rings (SSSR count). The third-order valence-corrected chi connectivity index (χ3v) is 4.32. The molecule has 0 aliphatic carbocycles. The van der Waals surface area contributed by atoms with Gasteiger partial charge in [0.2, 0.25) is 0 Å². The Kier molecular flexibility index (Phi) is 4.90. The minimum absolute atomic E-state index is 0.376. The lowest BCUT2D eigenvalue weighted by molar-refractivity contribution is 0.0737. The van der Waals surface area contributed by atoms with Crippen molar-refractivity contribution in [2.24, 2.45) is 5.73 Å². The molecule has 0 bridgehead atoms. The lowest BCUT2D eigenvalue weighted by atomic mass is 9.95. The summed E-state index contributed by atoms with van der Waals surface area (Å²) in [6.45, 7) is 9.68. The molecule has 26 heavy (non-hydrogen) atoms. The number of nitrogens with two attached hydrogens (primary N) is 1. The minimum Gasteiger partial charge on any atom is -0.423 e. The zero-order chi connectivity index (χ0) is 18.7. The first-order valence-electron chi connectivity index (χ1n) is 8.37. The van der Waals surface area contributed by atoms with Crippen LogP contribution in [0.1, 0.15) is 21.5 Å². The molecule has 0 fully saturated rings. The van der Waals surface area contributed by atoms with Crippen molar-refractivity contribution in [1.29, 1.82) is 0 Å². The number of carbonyl (C=O) groups is 1. The maximum Gasteiger partial charge on any atom is 0.344 e. The maximum absolute atomic E-state index is 12.7. The van der Waals surface area contributed by atoms with Crippen LogP contribution >= 0.6 is 0 Å². The smallest absolute Gasteiger partial charge is 0.344 e. The molecular weight excluding hydrogens is 322 g/mol. The van der Waals surface area contributed by atoms with Gasteiger partial charge in [-0.05, 0) is 53.5 Å². The van der Waals surface area contributed by atoms with Gasteiger partial charge in [0.15, 0.2) is 0 Å². The standard InChI is InChI=1S/C23H21NO2/c1-15-8-11-19(12-9-15)26-23(25)22-13-10-18(14-16(2)17(3)24)20-6-4-5-7-21(20)22/h4-13H,2-3,14,24H2,1H3. The Morgan fingerprint density at radius 2 is 1.62 bits per heavy atom. The van der Waals surface area contributed by atoms with E-state index in [1.807, 2.05) is 49.4 Å². The number of carbonyl (C=O) groups excluding carboxylic acids is 1. The van der Waals surface area contributed by atoms with Crippen molar-refractivity contribution in [1.82, 2.24) is 0 Å². The van der Waals surface area contributed by atoms with E-state index in [-0.39, 0.29) is 5.97 Å². The molecule has 0 saturated heterocycles. The highest BCUT2D eigenvalue weighted by molar-refractivity contribution is 6.06. The van der Waals surface area contributed by atoms with Crippen LogP contribution < -0.4 is 10.5 Å². The molecule has 0 saturated carbocycles. The van der Waals surface area contributed by atoms with Crippen molar-refractivity contribution in [3.63, 3.8) is 0 Å². The molecule has 3 aromatic carbocycles. The Hall–Kier alpha value is -3.33. The summed E-state index contributed by atoms with van der Waals surface area (Å²) in [5.41, 5.74) is 9.66. The number of ether oxygens (including phenoxy) is 1. The van der Waals surface area contributed by atoms with Gasteiger partial charge in [0.25, 0.3) is 0 Å². The molecule has 3 heteroatoms. The van der Waals surface area contributed by atoms with Gasteiger partial charge in [0, 0.05) is 5.70 Å². The van der Waals surface area contributed by atoms with Gasteiger partial charge in [0.1, 0.15) is 5.75 Å². The quantitative estimate of drug-likeness (QED) is 0.406. The van der Waals surface area contributed by atoms with Crippen molar-refractivity contribution in [2.45, 2.75) is 13.3 Å². The average molecular weight is 343 g/mol. The van der Waals surface area contributed by atoms with Crippen molar-refractivity contribution in [2.75, 3.05) is 0 Å². The normalized spacial score (nSPS) is 10.5. The third-order valence-electron chi connectivity index (χ3n) is 4.32. The van der Waals surface area contributed by atoms with Crippen LogP contribution in [0.4, 0.5) is 0 Å². The molecular formula is C23H21NO2. The van der Waals surface area contributed by atoms with Gasteiger partial charge in [-0.2, -0.15) is 0 Å². The van der Waals surface area contributed by atoms with Crippen molar-refractivity contribution in [3.8, 4) is 5.75 Å². The first-order valence-corrected chi connectivity index (χ1v) is 8.37. The van der Waals surface area contributed by atoms with Gasteiger partial charge >= 0.3 is 5.97 Å². The first-order chi connectivity index (χ1) is 12.5. The molecule has 130 valence electrons. The Bertz CT molecular complexity index is 1000. The van der Waals surface area contributed by atoms with E-state index in [0.29, 0.717) is 23.4 Å². The number of allylic oxidation sites excluding steroid dienone is 1. The summed E-state index contributed by atoms with van der Waals surface area (Å²) in [5, 5.41) is 1.82. The number of hydrogen-bond donors (Lipinski definition) is 1. The van der Waals surface area contributed by atoms with Crippen LogP contribution in [0.2, 0.25) is 0 Å². The summed E-state index contributed by atoms with van der Waals surface area (Å²) >= 11 is 0. The number of rotatable bonds is 5. The van der Waals surface area contributed by atoms with Crippen LogP contribution in [0.3, 0.4) is 0 Å². The Labute approximate surface area is 153 Å². The van der Waals surface area contributed by atoms with E-state index in [1.165, 1.54) is 0 Å². The molecule has 3 nitrogen and oxygen atoms in total. The monoisotopic (exact) mass is 343 g/mol. The van der Waals surface area contributed by atoms with Gasteiger partial charge in [-0.1, -0.05) is 61.2 Å². The molecule has 0 unspecified atom stereocenters. The Balaban J connectivity index is 1.96. The number of hydrogen-bond acceptors (Lipinski definition) is 3. The summed E-state index contributed by atoms with van der Waals surface area (Å²) in [7, 11) is 0. The van der Waals surface area contributed by atoms with Crippen molar-refractivity contribution < 1.29 is 9.53 Å². The molecule has 3 aromatic rings. The lowest BCUT2D eigenvalue weighted by Crippen LogP contribution is -2.10. The first kappa shape index (κ1) is 17.5. The second-order valence-corrected chi connectivity index (χ2v) is 6.33. The molecule has 0 amide bonds. The molecule has 0 aliphatic rings. The van der Waals surface area contributed by atoms with Crippen LogP contribution in [0.5, 0.6) is 5.75 Å². The molecule has 2 N–H and O–H groups in total. The van der Waals surface area contributed by atoms with Crippen LogP contribution in [-0.4, -0.2) is 5.97 Å². The average Bonchev–Trinajstić information content (AvgIpc) is 2.63. The van der Waals surface area contributed by atoms with E-state index in [4.69, 9.17) is 10.5 Å². The van der Waals surface area contributed by atoms with Crippen molar-refractivity contribution >= 4 is 16.7 Å². The summed E-state index contributed by atoms with van der Waals surface area (Å²) in [5.74, 6) is 0.153. The van der Waals surface area contributed by atoms with Gasteiger partial charge in [0.05, 0.1) is 5.56 Å². The molecule has 0 aromatic heterocycles. The fourth-order valence-corrected chi connectivity index (χ4v) is 2.81. The Morgan fingerprint density at radius 1 is 0.962 bits per heavy atom. The number of fused-ring (bicyclic) bond motifs is 1. The molecule has 0 radical (unpaired) electrons. The molecule has 0 spiro atoms. The SMILES string of the molecule is C=C(N)C(=C)Cc1ccc(C(=O)Oc2ccc(C)cc2)c2ccccc12. The summed E-state index contributed by atoms with van der Waals surface area (Å²) in [6, 6.07) is 18.9. The largest absolute Gasteiger partial charge is 0.423 e. The molecule has 0 aliphatic heterocycles. The fourth-order valence-electron chi connectivity index (χ4n) is 2.81. The van der Waals surface area contributed by atoms with Gasteiger partial charge in [-0.25, -0.2) is 4.79 Å². The van der Waals surface area contributed by atoms with Gasteiger partial charge in [-0.3, -0.25) is 0 Å². The third kappa shape index (κ3) is 3.67. The van der Waals surface area contributed by atoms with Crippen LogP contribution in [-0.2, 0) is 6.42 Å². The summed E-state index contributed by atoms with van der Waals surface area (Å²) < 4.78 is 5.53. The summed E-state index contributed by atoms with van der Waals surface area (Å²) in [4.78, 5) is 12.7. The Morgan fingerprint density at radius 3 is 2.27 bits per heavy atom. The topological polar surface area (TPSA) is 52.3 Å². The second kappa shape index (κ2) is 7.28. The zero-order valence-electron chi connectivity index (χ0n) is 14.8. The fraction of sp³-hybridized carbons (Fsp3) is 0.0870. The van der Waals surface area contributed by atoms with Gasteiger partial charge < -0.3 is 10.5 Å².